The van der Waals surface area contributed by atoms with Gasteiger partial charge in [-0.15, -0.1) is 0 Å². The molecule has 16 rings (SSSR count). The summed E-state index contributed by atoms with van der Waals surface area (Å²) in [7, 11) is 0. The molecule has 1 aromatic heterocycles. The molecule has 0 atom stereocenters. The van der Waals surface area contributed by atoms with Gasteiger partial charge in [-0.05, 0) is 225 Å². The number of para-hydroxylation sites is 2. The average Bonchev–Trinajstić information content (AvgIpc) is 1.40. The second-order valence-corrected chi connectivity index (χ2v) is 30.6. The van der Waals surface area contributed by atoms with Crippen LogP contribution in [0.1, 0.15) is 149 Å². The summed E-state index contributed by atoms with van der Waals surface area (Å²) >= 11 is 0. The van der Waals surface area contributed by atoms with Crippen LogP contribution in [0.4, 0.5) is 51.2 Å². The highest BCUT2D eigenvalue weighted by Gasteiger charge is 2.52. The van der Waals surface area contributed by atoms with E-state index in [1.807, 2.05) is 0 Å². The molecule has 0 N–H and O–H groups in total. The predicted octanol–water partition coefficient (Wildman–Crippen LogP) is 20.0. The van der Waals surface area contributed by atoms with Crippen molar-refractivity contribution in [2.24, 2.45) is 17.8 Å². The summed E-state index contributed by atoms with van der Waals surface area (Å²) in [5.74, 6) is 2.64. The van der Waals surface area contributed by atoms with Crippen LogP contribution in [0.25, 0.3) is 27.5 Å². The Morgan fingerprint density at radius 2 is 0.871 bits per heavy atom. The van der Waals surface area contributed by atoms with Crippen LogP contribution in [0.15, 0.2) is 194 Å². The summed E-state index contributed by atoms with van der Waals surface area (Å²) in [5.41, 5.74) is 25.3. The predicted molar refractivity (Wildman–Crippen MR) is 364 cm³/mol. The quantitative estimate of drug-likeness (QED) is 0.148. The summed E-state index contributed by atoms with van der Waals surface area (Å²) in [6, 6.07) is 76.0. The maximum Gasteiger partial charge on any atom is 0.252 e. The lowest BCUT2D eigenvalue weighted by molar-refractivity contribution is -0.00518. The lowest BCUT2D eigenvalue weighted by Gasteiger charge is -2.57. The van der Waals surface area contributed by atoms with E-state index in [9.17, 15) is 0 Å². The molecule has 4 nitrogen and oxygen atoms in total. The Morgan fingerprint density at radius 3 is 1.47 bits per heavy atom. The van der Waals surface area contributed by atoms with E-state index in [2.05, 4.69) is 296 Å². The molecule has 4 aliphatic carbocycles. The molecule has 0 amide bonds. The van der Waals surface area contributed by atoms with Crippen LogP contribution in [0.3, 0.4) is 0 Å². The van der Waals surface area contributed by atoms with Gasteiger partial charge < -0.3 is 19.3 Å². The first kappa shape index (κ1) is 53.9. The molecule has 0 unspecified atom stereocenters. The van der Waals surface area contributed by atoms with Crippen molar-refractivity contribution in [3.63, 3.8) is 0 Å². The van der Waals surface area contributed by atoms with Crippen molar-refractivity contribution in [3.05, 3.63) is 222 Å². The number of nitrogens with zero attached hydrogens (tertiary/aromatic N) is 4. The Labute approximate surface area is 506 Å². The number of benzene rings is 9. The van der Waals surface area contributed by atoms with E-state index >= 15 is 0 Å². The topological polar surface area (TPSA) is 14.7 Å². The molecule has 4 bridgehead atoms. The summed E-state index contributed by atoms with van der Waals surface area (Å²) in [6.07, 6.45) is 8.39. The SMILES string of the molecule is CC(C)(C)c1ccc(N(c2ccc3c(c2)N(c2ccc(C45CC6CC(CC(C6)C4)C5)cc2)c2cc(C(C)(C)C)cc4c2B3c2cc(C(C)(C)C)ccc2N4c2ccc(C(C)(C)C)cc2)c2ccc3c4ccccc4n(-c4ccccc4)c3c2)cc1. The number of anilines is 9. The van der Waals surface area contributed by atoms with Crippen LogP contribution < -0.4 is 31.1 Å². The van der Waals surface area contributed by atoms with Crippen LogP contribution in [-0.4, -0.2) is 11.3 Å². The molecule has 2 aliphatic heterocycles. The standard InChI is InChI=1S/C80H83BN4/c1-76(2,3)54-22-29-60(30-23-54)82(63-35-37-66-65-20-16-17-21-69(65)83(71(66)46-63)59-18-14-13-15-19-59)64-36-38-67-72(47-64)85(62-33-26-56(27-34-62)80-48-51-40-52(49-80)42-53(41-51)50-80)74-45-58(79(10,11)12)44-73-75(74)81(67)68-43-57(78(7,8)9)28-39-70(68)84(73)61-31-24-55(25-32-61)77(4,5)6/h13-39,43-47,51-53H,40-42,48-50H2,1-12H3. The van der Waals surface area contributed by atoms with Gasteiger partial charge >= 0.3 is 0 Å². The zero-order chi connectivity index (χ0) is 58.7. The van der Waals surface area contributed by atoms with Crippen molar-refractivity contribution >= 4 is 96.1 Å². The van der Waals surface area contributed by atoms with Crippen molar-refractivity contribution in [1.29, 1.82) is 0 Å². The minimum Gasteiger partial charge on any atom is -0.311 e. The van der Waals surface area contributed by atoms with Crippen LogP contribution in [-0.2, 0) is 27.1 Å². The van der Waals surface area contributed by atoms with Gasteiger partial charge in [-0.1, -0.05) is 180 Å². The molecule has 4 saturated carbocycles. The van der Waals surface area contributed by atoms with Gasteiger partial charge in [-0.25, -0.2) is 0 Å². The Bertz CT molecular complexity index is 4220. The molecule has 6 aliphatic rings. The molecule has 9 aromatic carbocycles. The number of hydrogen-bond donors (Lipinski definition) is 0. The Hall–Kier alpha value is -7.76. The van der Waals surface area contributed by atoms with E-state index in [-0.39, 0.29) is 28.4 Å². The van der Waals surface area contributed by atoms with Gasteiger partial charge in [0.25, 0.3) is 6.71 Å². The van der Waals surface area contributed by atoms with E-state index in [1.165, 1.54) is 133 Å². The lowest BCUT2D eigenvalue weighted by atomic mass is 9.33. The fraction of sp³-hybridized carbons (Fsp3) is 0.325. The number of hydrogen-bond acceptors (Lipinski definition) is 3. The molecule has 3 heterocycles. The highest BCUT2D eigenvalue weighted by atomic mass is 15.2. The van der Waals surface area contributed by atoms with Crippen LogP contribution in [0.2, 0.25) is 0 Å². The van der Waals surface area contributed by atoms with Crippen molar-refractivity contribution in [1.82, 2.24) is 4.57 Å². The zero-order valence-corrected chi connectivity index (χ0v) is 52.3. The molecule has 4 fully saturated rings. The second kappa shape index (κ2) is 19.1. The first-order valence-electron chi connectivity index (χ1n) is 31.9. The Kier molecular flexibility index (Phi) is 12.1. The summed E-state index contributed by atoms with van der Waals surface area (Å²) in [6.45, 7) is 28.1. The molecule has 426 valence electrons. The monoisotopic (exact) mass is 1110 g/mol. The average molecular weight is 1110 g/mol. The Balaban J connectivity index is 0.993. The molecule has 5 heteroatoms. The van der Waals surface area contributed by atoms with Crippen molar-refractivity contribution in [2.45, 2.75) is 149 Å². The fourth-order valence-electron chi connectivity index (χ4n) is 16.6. The maximum atomic E-state index is 2.68. The molecule has 0 saturated heterocycles. The summed E-state index contributed by atoms with van der Waals surface area (Å²) in [4.78, 5) is 7.82. The largest absolute Gasteiger partial charge is 0.311 e. The second-order valence-electron chi connectivity index (χ2n) is 30.6. The third-order valence-electron chi connectivity index (χ3n) is 20.7. The van der Waals surface area contributed by atoms with Crippen molar-refractivity contribution in [3.8, 4) is 5.69 Å². The normalized spacial score (nSPS) is 19.8. The fourth-order valence-corrected chi connectivity index (χ4v) is 16.6. The Morgan fingerprint density at radius 1 is 0.376 bits per heavy atom. The third kappa shape index (κ3) is 8.91. The van der Waals surface area contributed by atoms with E-state index in [4.69, 9.17) is 0 Å². The third-order valence-corrected chi connectivity index (χ3v) is 20.7. The van der Waals surface area contributed by atoms with Gasteiger partial charge in [0.1, 0.15) is 0 Å². The summed E-state index contributed by atoms with van der Waals surface area (Å²) in [5, 5.41) is 2.50. The first-order valence-corrected chi connectivity index (χ1v) is 31.9. The van der Waals surface area contributed by atoms with E-state index in [0.717, 1.165) is 40.5 Å². The smallest absolute Gasteiger partial charge is 0.252 e. The summed E-state index contributed by atoms with van der Waals surface area (Å²) < 4.78 is 2.45. The molecular formula is C80H83BN4. The maximum absolute atomic E-state index is 2.68. The molecule has 10 aromatic rings. The number of fused-ring (bicyclic) bond motifs is 7. The first-order chi connectivity index (χ1) is 40.6. The van der Waals surface area contributed by atoms with Gasteiger partial charge in [-0.3, -0.25) is 0 Å². The van der Waals surface area contributed by atoms with Gasteiger partial charge in [0, 0.05) is 67.6 Å². The number of rotatable bonds is 7. The van der Waals surface area contributed by atoms with E-state index in [0.29, 0.717) is 5.41 Å². The van der Waals surface area contributed by atoms with Gasteiger partial charge in [0.15, 0.2) is 0 Å². The van der Waals surface area contributed by atoms with Gasteiger partial charge in [-0.2, -0.15) is 0 Å². The van der Waals surface area contributed by atoms with E-state index < -0.39 is 0 Å². The van der Waals surface area contributed by atoms with Crippen molar-refractivity contribution < 1.29 is 0 Å². The van der Waals surface area contributed by atoms with Crippen LogP contribution >= 0.6 is 0 Å². The van der Waals surface area contributed by atoms with Gasteiger partial charge in [0.05, 0.1) is 11.0 Å². The van der Waals surface area contributed by atoms with Crippen molar-refractivity contribution in [2.75, 3.05) is 14.7 Å². The molecule has 0 radical (unpaired) electrons. The molecular weight excluding hydrogens is 1030 g/mol. The highest BCUT2D eigenvalue weighted by molar-refractivity contribution is 7.00. The molecule has 0 spiro atoms. The highest BCUT2D eigenvalue weighted by Crippen LogP contribution is 2.61. The van der Waals surface area contributed by atoms with Gasteiger partial charge in [0.2, 0.25) is 0 Å². The zero-order valence-electron chi connectivity index (χ0n) is 52.3. The number of aromatic nitrogens is 1. The van der Waals surface area contributed by atoms with E-state index in [1.54, 1.807) is 5.56 Å². The lowest BCUT2D eigenvalue weighted by Crippen LogP contribution is -2.61. The molecule has 85 heavy (non-hydrogen) atoms. The minimum atomic E-state index is -0.147. The minimum absolute atomic E-state index is 0.00318. The van der Waals surface area contributed by atoms with Crippen LogP contribution in [0, 0.1) is 17.8 Å². The van der Waals surface area contributed by atoms with Crippen LogP contribution in [0.5, 0.6) is 0 Å².